The Hall–Kier alpha value is -3.48. The number of amides is 1. The molecule has 0 N–H and O–H groups in total. The smallest absolute Gasteiger partial charge is 0.415 e. The summed E-state index contributed by atoms with van der Waals surface area (Å²) < 4.78 is 21.7. The molecule has 3 rings (SSSR count). The Labute approximate surface area is 169 Å². The van der Waals surface area contributed by atoms with Gasteiger partial charge in [0.05, 0.1) is 19.8 Å². The van der Waals surface area contributed by atoms with E-state index in [9.17, 15) is 9.59 Å². The third kappa shape index (κ3) is 4.18. The summed E-state index contributed by atoms with van der Waals surface area (Å²) in [5.41, 5.74) is 1.05. The van der Waals surface area contributed by atoms with Gasteiger partial charge in [0.1, 0.15) is 23.0 Å². The lowest BCUT2D eigenvalue weighted by atomic mass is 10.1. The molecular weight excluding hydrogens is 374 g/mol. The zero-order valence-corrected chi connectivity index (χ0v) is 16.9. The summed E-state index contributed by atoms with van der Waals surface area (Å²) in [6.07, 6.45) is 1.15. The summed E-state index contributed by atoms with van der Waals surface area (Å²) >= 11 is 0. The normalized spacial score (nSPS) is 13.7. The number of ketones is 1. The topological polar surface area (TPSA) is 74.3 Å². The number of hydrogen-bond donors (Lipinski definition) is 0. The summed E-state index contributed by atoms with van der Waals surface area (Å²) in [6, 6.07) is 9.98. The molecule has 0 fully saturated rings. The van der Waals surface area contributed by atoms with Crippen molar-refractivity contribution in [3.63, 3.8) is 0 Å². The molecule has 2 aromatic rings. The largest absolute Gasteiger partial charge is 0.497 e. The monoisotopic (exact) mass is 397 g/mol. The maximum absolute atomic E-state index is 12.7. The van der Waals surface area contributed by atoms with Gasteiger partial charge in [-0.25, -0.2) is 4.79 Å². The van der Waals surface area contributed by atoms with Gasteiger partial charge in [-0.05, 0) is 50.3 Å². The Morgan fingerprint density at radius 2 is 1.76 bits per heavy atom. The molecule has 0 saturated carbocycles. The number of benzene rings is 2. The van der Waals surface area contributed by atoms with E-state index < -0.39 is 6.09 Å². The molecule has 0 bridgehead atoms. The Bertz CT molecular complexity index is 962. The van der Waals surface area contributed by atoms with Crippen molar-refractivity contribution in [2.75, 3.05) is 27.3 Å². The molecule has 1 aliphatic heterocycles. The molecular formula is C22H23NO6. The lowest BCUT2D eigenvalue weighted by Crippen LogP contribution is -2.33. The van der Waals surface area contributed by atoms with E-state index in [1.807, 2.05) is 13.8 Å². The summed E-state index contributed by atoms with van der Waals surface area (Å²) in [5, 5.41) is 0. The van der Waals surface area contributed by atoms with Gasteiger partial charge in [0.2, 0.25) is 5.78 Å². The van der Waals surface area contributed by atoms with Crippen molar-refractivity contribution in [3.8, 4) is 23.0 Å². The highest BCUT2D eigenvalue weighted by atomic mass is 16.6. The van der Waals surface area contributed by atoms with Gasteiger partial charge < -0.3 is 23.8 Å². The standard InChI is InChI=1S/C22H23NO6/c1-5-23(6-2)22(25)28-16-7-9-17-19(13-16)29-20(21(17)24)12-14-11-15(26-3)8-10-18(14)27-4/h7-13H,5-6H2,1-4H3. The number of hydrogen-bond acceptors (Lipinski definition) is 6. The highest BCUT2D eigenvalue weighted by Gasteiger charge is 2.28. The molecule has 2 aromatic carbocycles. The molecule has 0 aromatic heterocycles. The van der Waals surface area contributed by atoms with Crippen LogP contribution >= 0.6 is 0 Å². The van der Waals surface area contributed by atoms with Crippen LogP contribution in [0, 0.1) is 0 Å². The van der Waals surface area contributed by atoms with Gasteiger partial charge in [-0.15, -0.1) is 0 Å². The Kier molecular flexibility index (Phi) is 6.07. The molecule has 0 spiro atoms. The van der Waals surface area contributed by atoms with Crippen molar-refractivity contribution in [3.05, 3.63) is 53.3 Å². The van der Waals surface area contributed by atoms with Crippen LogP contribution in [0.25, 0.3) is 6.08 Å². The van der Waals surface area contributed by atoms with Crippen molar-refractivity contribution in [1.82, 2.24) is 4.90 Å². The lowest BCUT2D eigenvalue weighted by Gasteiger charge is -2.17. The van der Waals surface area contributed by atoms with Crippen molar-refractivity contribution in [1.29, 1.82) is 0 Å². The van der Waals surface area contributed by atoms with Crippen LogP contribution in [0.15, 0.2) is 42.2 Å². The molecule has 1 aliphatic rings. The minimum atomic E-state index is -0.448. The molecule has 0 aliphatic carbocycles. The molecule has 152 valence electrons. The van der Waals surface area contributed by atoms with Gasteiger partial charge >= 0.3 is 6.09 Å². The Morgan fingerprint density at radius 3 is 2.41 bits per heavy atom. The number of ether oxygens (including phenoxy) is 4. The fourth-order valence-corrected chi connectivity index (χ4v) is 2.97. The number of Topliss-reactive ketones (excluding diaryl/α,β-unsaturated/α-hetero) is 1. The third-order valence-electron chi connectivity index (χ3n) is 4.59. The van der Waals surface area contributed by atoms with E-state index in [1.165, 1.54) is 6.07 Å². The molecule has 0 saturated heterocycles. The highest BCUT2D eigenvalue weighted by molar-refractivity contribution is 6.14. The van der Waals surface area contributed by atoms with Crippen LogP contribution in [0.2, 0.25) is 0 Å². The number of allylic oxidation sites excluding steroid dienone is 1. The van der Waals surface area contributed by atoms with Crippen LogP contribution in [0.3, 0.4) is 0 Å². The van der Waals surface area contributed by atoms with Crippen LogP contribution < -0.4 is 18.9 Å². The highest BCUT2D eigenvalue weighted by Crippen LogP contribution is 2.36. The summed E-state index contributed by atoms with van der Waals surface area (Å²) in [4.78, 5) is 26.4. The van der Waals surface area contributed by atoms with Crippen molar-refractivity contribution in [2.24, 2.45) is 0 Å². The number of fused-ring (bicyclic) bond motifs is 1. The lowest BCUT2D eigenvalue weighted by molar-refractivity contribution is 0.101. The Balaban J connectivity index is 1.86. The first-order valence-electron chi connectivity index (χ1n) is 9.27. The maximum atomic E-state index is 12.7. The fraction of sp³-hybridized carbons (Fsp3) is 0.273. The molecule has 1 amide bonds. The van der Waals surface area contributed by atoms with Crippen LogP contribution in [0.1, 0.15) is 29.8 Å². The van der Waals surface area contributed by atoms with E-state index in [2.05, 4.69) is 0 Å². The van der Waals surface area contributed by atoms with E-state index in [0.29, 0.717) is 47.2 Å². The van der Waals surface area contributed by atoms with Crippen LogP contribution in [0.5, 0.6) is 23.0 Å². The van der Waals surface area contributed by atoms with Crippen molar-refractivity contribution < 1.29 is 28.5 Å². The predicted octanol–water partition coefficient (Wildman–Crippen LogP) is 4.16. The van der Waals surface area contributed by atoms with Crippen LogP contribution in [-0.4, -0.2) is 44.1 Å². The molecule has 29 heavy (non-hydrogen) atoms. The maximum Gasteiger partial charge on any atom is 0.415 e. The zero-order valence-electron chi connectivity index (χ0n) is 16.9. The average Bonchev–Trinajstić information content (AvgIpc) is 3.03. The second-order valence-corrected chi connectivity index (χ2v) is 6.25. The van der Waals surface area contributed by atoms with Gasteiger partial charge in [0.15, 0.2) is 5.76 Å². The van der Waals surface area contributed by atoms with E-state index in [1.54, 1.807) is 55.5 Å². The summed E-state index contributed by atoms with van der Waals surface area (Å²) in [7, 11) is 3.11. The first-order chi connectivity index (χ1) is 14.0. The number of rotatable bonds is 6. The van der Waals surface area contributed by atoms with Crippen molar-refractivity contribution >= 4 is 18.0 Å². The van der Waals surface area contributed by atoms with Gasteiger partial charge in [0, 0.05) is 24.7 Å². The SMILES string of the molecule is CCN(CC)C(=O)Oc1ccc2c(c1)OC(=Cc1cc(OC)ccc1OC)C2=O. The van der Waals surface area contributed by atoms with E-state index in [4.69, 9.17) is 18.9 Å². The van der Waals surface area contributed by atoms with Gasteiger partial charge in [-0.3, -0.25) is 4.79 Å². The fourth-order valence-electron chi connectivity index (χ4n) is 2.97. The minimum Gasteiger partial charge on any atom is -0.497 e. The number of carbonyl (C=O) groups is 2. The van der Waals surface area contributed by atoms with Gasteiger partial charge in [-0.1, -0.05) is 0 Å². The first-order valence-corrected chi connectivity index (χ1v) is 9.27. The second kappa shape index (κ2) is 8.68. The number of methoxy groups -OCH3 is 2. The molecule has 7 heteroatoms. The molecule has 0 radical (unpaired) electrons. The summed E-state index contributed by atoms with van der Waals surface area (Å²) in [6.45, 7) is 4.84. The van der Waals surface area contributed by atoms with E-state index >= 15 is 0 Å². The quantitative estimate of drug-likeness (QED) is 0.682. The second-order valence-electron chi connectivity index (χ2n) is 6.25. The van der Waals surface area contributed by atoms with E-state index in [0.717, 1.165) is 0 Å². The number of nitrogens with zero attached hydrogens (tertiary/aromatic N) is 1. The Morgan fingerprint density at radius 1 is 1.03 bits per heavy atom. The summed E-state index contributed by atoms with van der Waals surface area (Å²) in [5.74, 6) is 1.76. The predicted molar refractivity (Wildman–Crippen MR) is 108 cm³/mol. The van der Waals surface area contributed by atoms with Crippen molar-refractivity contribution in [2.45, 2.75) is 13.8 Å². The molecule has 0 atom stereocenters. The average molecular weight is 397 g/mol. The van der Waals surface area contributed by atoms with Gasteiger partial charge in [0.25, 0.3) is 0 Å². The molecule has 0 unspecified atom stereocenters. The van der Waals surface area contributed by atoms with Gasteiger partial charge in [-0.2, -0.15) is 0 Å². The minimum absolute atomic E-state index is 0.152. The molecule has 1 heterocycles. The first kappa shape index (κ1) is 20.3. The number of carbonyl (C=O) groups excluding carboxylic acids is 2. The third-order valence-corrected chi connectivity index (χ3v) is 4.59. The van der Waals surface area contributed by atoms with E-state index in [-0.39, 0.29) is 11.5 Å². The van der Waals surface area contributed by atoms with Crippen LogP contribution in [0.4, 0.5) is 4.79 Å². The molecule has 7 nitrogen and oxygen atoms in total. The zero-order chi connectivity index (χ0) is 21.0. The van der Waals surface area contributed by atoms with Crippen LogP contribution in [-0.2, 0) is 0 Å².